The zero-order chi connectivity index (χ0) is 13.3. The van der Waals surface area contributed by atoms with Crippen molar-refractivity contribution in [3.8, 4) is 17.2 Å². The van der Waals surface area contributed by atoms with Gasteiger partial charge in [-0.1, -0.05) is 23.2 Å². The molecule has 0 saturated carbocycles. The average Bonchev–Trinajstić information content (AvgIpc) is 2.87. The normalized spacial score (nSPS) is 14.1. The molecule has 0 unspecified atom stereocenters. The summed E-state index contributed by atoms with van der Waals surface area (Å²) >= 11 is 13.5. The third kappa shape index (κ3) is 2.04. The number of aromatic hydroxyl groups is 1. The molecule has 1 aromatic rings. The number of hydrogen-bond acceptors (Lipinski definition) is 6. The van der Waals surface area contributed by atoms with E-state index in [1.165, 1.54) is 26.2 Å². The molecule has 1 aliphatic rings. The quantitative estimate of drug-likeness (QED) is 0.869. The van der Waals surface area contributed by atoms with Crippen LogP contribution in [0.2, 0.25) is 10.0 Å². The van der Waals surface area contributed by atoms with E-state index in [0.717, 1.165) is 0 Å². The first kappa shape index (κ1) is 13.5. The maximum Gasteiger partial charge on any atom is 0.168 e. The molecule has 0 fully saturated rings. The number of ether oxygens (including phenoxy) is 2. The molecule has 1 aliphatic heterocycles. The molecule has 2 rings (SSSR count). The van der Waals surface area contributed by atoms with Crippen LogP contribution in [0.4, 0.5) is 5.69 Å². The van der Waals surface area contributed by atoms with Crippen molar-refractivity contribution in [3.63, 3.8) is 0 Å². The van der Waals surface area contributed by atoms with Crippen molar-refractivity contribution >= 4 is 47.2 Å². The molecule has 5 nitrogen and oxygen atoms in total. The van der Waals surface area contributed by atoms with Crippen molar-refractivity contribution in [1.29, 1.82) is 0 Å². The summed E-state index contributed by atoms with van der Waals surface area (Å²) in [6, 6.07) is 0. The Labute approximate surface area is 118 Å². The Morgan fingerprint density at radius 1 is 1.28 bits per heavy atom. The molecule has 18 heavy (non-hydrogen) atoms. The molecule has 0 aromatic heterocycles. The van der Waals surface area contributed by atoms with Crippen LogP contribution in [0, 0.1) is 0 Å². The fraction of sp³-hybridized carbons (Fsp3) is 0.300. The summed E-state index contributed by atoms with van der Waals surface area (Å²) in [5.74, 6) is 0.872. The summed E-state index contributed by atoms with van der Waals surface area (Å²) in [5.41, 5.74) is 0.377. The molecule has 1 N–H and O–H groups in total. The van der Waals surface area contributed by atoms with Crippen LogP contribution in [0.1, 0.15) is 0 Å². The minimum atomic E-state index is -0.149. The van der Waals surface area contributed by atoms with Crippen LogP contribution in [0.15, 0.2) is 4.40 Å². The number of hydrogen-bond donors (Lipinski definition) is 1. The van der Waals surface area contributed by atoms with Crippen molar-refractivity contribution in [2.45, 2.75) is 0 Å². The molecule has 0 bridgehead atoms. The van der Waals surface area contributed by atoms with E-state index >= 15 is 0 Å². The van der Waals surface area contributed by atoms with Gasteiger partial charge in [-0.05, 0) is 11.9 Å². The topological polar surface area (TPSA) is 54.3 Å². The van der Waals surface area contributed by atoms with Gasteiger partial charge in [0.25, 0.3) is 0 Å². The van der Waals surface area contributed by atoms with Gasteiger partial charge in [0.15, 0.2) is 17.2 Å². The summed E-state index contributed by atoms with van der Waals surface area (Å²) in [6.45, 7) is 0. The van der Waals surface area contributed by atoms with E-state index < -0.39 is 0 Å². The number of halogens is 2. The van der Waals surface area contributed by atoms with Gasteiger partial charge in [-0.3, -0.25) is 0 Å². The third-order valence-corrected chi connectivity index (χ3v) is 3.73. The minimum Gasteiger partial charge on any atom is -0.504 e. The van der Waals surface area contributed by atoms with E-state index in [2.05, 4.69) is 4.40 Å². The summed E-state index contributed by atoms with van der Waals surface area (Å²) in [4.78, 5) is 1.69. The summed E-state index contributed by atoms with van der Waals surface area (Å²) in [6.07, 6.45) is 1.57. The number of phenolic OH excluding ortho intramolecular Hbond substituents is 1. The lowest BCUT2D eigenvalue weighted by Crippen LogP contribution is -2.17. The van der Waals surface area contributed by atoms with Crippen LogP contribution in [-0.2, 0) is 0 Å². The minimum absolute atomic E-state index is 0.0450. The Morgan fingerprint density at radius 3 is 2.44 bits per heavy atom. The predicted molar refractivity (Wildman–Crippen MR) is 74.7 cm³/mol. The first-order valence-corrected chi connectivity index (χ1v) is 6.55. The second-order valence-corrected chi connectivity index (χ2v) is 4.82. The number of phenols is 1. The van der Waals surface area contributed by atoms with E-state index in [4.69, 9.17) is 32.7 Å². The molecule has 0 spiro atoms. The van der Waals surface area contributed by atoms with Crippen LogP contribution >= 0.6 is 35.1 Å². The van der Waals surface area contributed by atoms with Gasteiger partial charge in [0, 0.05) is 0 Å². The molecule has 0 saturated heterocycles. The summed E-state index contributed by atoms with van der Waals surface area (Å²) in [7, 11) is 2.87. The zero-order valence-electron chi connectivity index (χ0n) is 9.61. The fourth-order valence-electron chi connectivity index (χ4n) is 1.60. The Balaban J connectivity index is 2.67. The Bertz CT molecular complexity index is 511. The highest BCUT2D eigenvalue weighted by atomic mass is 35.5. The lowest BCUT2D eigenvalue weighted by Gasteiger charge is -2.21. The summed E-state index contributed by atoms with van der Waals surface area (Å²) in [5, 5.41) is 10.4. The number of benzene rings is 1. The van der Waals surface area contributed by atoms with Gasteiger partial charge in [-0.15, -0.1) is 0 Å². The third-order valence-electron chi connectivity index (χ3n) is 2.40. The lowest BCUT2D eigenvalue weighted by molar-refractivity contribution is 0.387. The highest BCUT2D eigenvalue weighted by Gasteiger charge is 2.27. The van der Waals surface area contributed by atoms with Crippen LogP contribution in [-0.4, -0.2) is 31.5 Å². The Morgan fingerprint density at radius 2 is 1.94 bits per heavy atom. The molecular formula is C10H10Cl2N2O3S. The summed E-state index contributed by atoms with van der Waals surface area (Å²) < 4.78 is 14.3. The van der Waals surface area contributed by atoms with E-state index in [9.17, 15) is 5.11 Å². The highest BCUT2D eigenvalue weighted by Crippen LogP contribution is 2.53. The first-order chi connectivity index (χ1) is 8.61. The maximum atomic E-state index is 10.1. The van der Waals surface area contributed by atoms with Crippen LogP contribution in [0.25, 0.3) is 0 Å². The van der Waals surface area contributed by atoms with Gasteiger partial charge in [-0.2, -0.15) is 0 Å². The molecule has 0 aliphatic carbocycles. The smallest absolute Gasteiger partial charge is 0.168 e. The van der Waals surface area contributed by atoms with Crippen molar-refractivity contribution in [2.75, 3.05) is 25.0 Å². The van der Waals surface area contributed by atoms with Crippen molar-refractivity contribution in [2.24, 2.45) is 4.40 Å². The second kappa shape index (κ2) is 5.34. The first-order valence-electron chi connectivity index (χ1n) is 4.85. The average molecular weight is 309 g/mol. The number of nitrogens with zero attached hydrogens (tertiary/aromatic N) is 2. The highest BCUT2D eigenvalue weighted by molar-refractivity contribution is 7.98. The molecule has 0 atom stereocenters. The molecule has 8 heteroatoms. The van der Waals surface area contributed by atoms with Crippen molar-refractivity contribution < 1.29 is 14.6 Å². The predicted octanol–water partition coefficient (Wildman–Crippen LogP) is 3.17. The van der Waals surface area contributed by atoms with Crippen LogP contribution in [0.5, 0.6) is 17.2 Å². The molecular weight excluding hydrogens is 299 g/mol. The molecule has 1 heterocycles. The largest absolute Gasteiger partial charge is 0.504 e. The van der Waals surface area contributed by atoms with Gasteiger partial charge in [0.2, 0.25) is 0 Å². The van der Waals surface area contributed by atoms with Crippen LogP contribution < -0.4 is 14.4 Å². The molecule has 0 amide bonds. The lowest BCUT2D eigenvalue weighted by atomic mass is 10.2. The number of anilines is 1. The maximum absolute atomic E-state index is 10.1. The molecule has 1 aromatic carbocycles. The number of methoxy groups -OCH3 is 2. The van der Waals surface area contributed by atoms with E-state index in [1.54, 1.807) is 11.2 Å². The van der Waals surface area contributed by atoms with E-state index in [1.807, 2.05) is 0 Å². The molecule has 0 radical (unpaired) electrons. The SMILES string of the molecule is COc1c(Cl)c(O)c(N2C=NSC2)c(OC)c1Cl. The van der Waals surface area contributed by atoms with Gasteiger partial charge in [-0.25, -0.2) is 4.40 Å². The van der Waals surface area contributed by atoms with Gasteiger partial charge in [0.1, 0.15) is 22.1 Å². The van der Waals surface area contributed by atoms with Crippen LogP contribution in [0.3, 0.4) is 0 Å². The van der Waals surface area contributed by atoms with E-state index in [0.29, 0.717) is 17.3 Å². The van der Waals surface area contributed by atoms with Gasteiger partial charge in [0.05, 0.1) is 20.1 Å². The van der Waals surface area contributed by atoms with Gasteiger partial charge < -0.3 is 19.5 Å². The standard InChI is InChI=1S/C10H10Cl2N2O3S/c1-16-9-5(11)8(15)7(10(17-2)6(9)12)14-3-13-18-4-14/h3,15H,4H2,1-2H3. The molecule has 98 valence electrons. The second-order valence-electron chi connectivity index (χ2n) is 3.34. The fourth-order valence-corrected chi connectivity index (χ4v) is 2.81. The van der Waals surface area contributed by atoms with Crippen molar-refractivity contribution in [1.82, 2.24) is 0 Å². The monoisotopic (exact) mass is 308 g/mol. The Kier molecular flexibility index (Phi) is 3.99. The van der Waals surface area contributed by atoms with E-state index in [-0.39, 0.29) is 21.5 Å². The Hall–Kier alpha value is -0.980. The zero-order valence-corrected chi connectivity index (χ0v) is 11.9. The number of rotatable bonds is 3. The van der Waals surface area contributed by atoms with Gasteiger partial charge >= 0.3 is 0 Å². The van der Waals surface area contributed by atoms with Crippen molar-refractivity contribution in [3.05, 3.63) is 10.0 Å².